The van der Waals surface area contributed by atoms with E-state index in [9.17, 15) is 4.79 Å². The molecule has 0 atom stereocenters. The Hall–Kier alpha value is -2.63. The summed E-state index contributed by atoms with van der Waals surface area (Å²) in [7, 11) is 1.66. The quantitative estimate of drug-likeness (QED) is 0.935. The molecule has 1 aliphatic rings. The van der Waals surface area contributed by atoms with E-state index in [1.165, 1.54) is 0 Å². The highest BCUT2D eigenvalue weighted by molar-refractivity contribution is 5.92. The van der Waals surface area contributed by atoms with Gasteiger partial charge >= 0.3 is 0 Å². The molecule has 126 valence electrons. The Bertz CT molecular complexity index is 694. The Labute approximate surface area is 141 Å². The van der Waals surface area contributed by atoms with Gasteiger partial charge in [0.1, 0.15) is 11.4 Å². The molecule has 0 saturated carbocycles. The lowest BCUT2D eigenvalue weighted by Crippen LogP contribution is -2.42. The van der Waals surface area contributed by atoms with Gasteiger partial charge in [0.2, 0.25) is 0 Å². The molecule has 1 amide bonds. The summed E-state index contributed by atoms with van der Waals surface area (Å²) >= 11 is 0. The van der Waals surface area contributed by atoms with Gasteiger partial charge < -0.3 is 15.0 Å². The first-order chi connectivity index (χ1) is 11.7. The molecular weight excluding hydrogens is 304 g/mol. The summed E-state index contributed by atoms with van der Waals surface area (Å²) in [4.78, 5) is 22.6. The number of methoxy groups -OCH3 is 1. The lowest BCUT2D eigenvalue weighted by Gasteiger charge is -2.32. The second-order valence-electron chi connectivity index (χ2n) is 5.99. The third kappa shape index (κ3) is 3.82. The topological polar surface area (TPSA) is 67.3 Å². The highest BCUT2D eigenvalue weighted by atomic mass is 16.5. The standard InChI is InChI=1S/C18H22N4O2/c1-13-11-20-17(12-19-13)18(23)22-8-6-14(7-9-22)21-15-4-3-5-16(10-15)24-2/h3-5,10-12,14,21H,6-9H2,1-2H3. The highest BCUT2D eigenvalue weighted by Gasteiger charge is 2.24. The van der Waals surface area contributed by atoms with Crippen LogP contribution in [0.3, 0.4) is 0 Å². The average Bonchev–Trinajstić information content (AvgIpc) is 2.62. The van der Waals surface area contributed by atoms with Crippen molar-refractivity contribution in [1.29, 1.82) is 0 Å². The number of aryl methyl sites for hydroxylation is 1. The molecule has 1 fully saturated rings. The Morgan fingerprint density at radius 2 is 2.04 bits per heavy atom. The normalized spacial score (nSPS) is 15.2. The molecule has 1 aliphatic heterocycles. The molecule has 2 heterocycles. The van der Waals surface area contributed by atoms with E-state index in [2.05, 4.69) is 15.3 Å². The largest absolute Gasteiger partial charge is 0.497 e. The first-order valence-electron chi connectivity index (χ1n) is 8.14. The monoisotopic (exact) mass is 326 g/mol. The summed E-state index contributed by atoms with van der Waals surface area (Å²) < 4.78 is 5.24. The van der Waals surface area contributed by atoms with Gasteiger partial charge in [0.05, 0.1) is 19.0 Å². The molecule has 0 spiro atoms. The predicted molar refractivity (Wildman–Crippen MR) is 92.3 cm³/mol. The first-order valence-corrected chi connectivity index (χ1v) is 8.14. The van der Waals surface area contributed by atoms with E-state index in [1.54, 1.807) is 19.5 Å². The van der Waals surface area contributed by atoms with Crippen LogP contribution < -0.4 is 10.1 Å². The van der Waals surface area contributed by atoms with E-state index in [0.717, 1.165) is 43.1 Å². The number of nitrogens with zero attached hydrogens (tertiary/aromatic N) is 3. The first kappa shape index (κ1) is 16.2. The van der Waals surface area contributed by atoms with Crippen LogP contribution in [0.2, 0.25) is 0 Å². The van der Waals surface area contributed by atoms with Crippen LogP contribution in [0, 0.1) is 6.92 Å². The Morgan fingerprint density at radius 1 is 1.25 bits per heavy atom. The number of nitrogens with one attached hydrogen (secondary N) is 1. The number of ether oxygens (including phenoxy) is 1. The van der Waals surface area contributed by atoms with Gasteiger partial charge in [0.25, 0.3) is 5.91 Å². The smallest absolute Gasteiger partial charge is 0.274 e. The Balaban J connectivity index is 1.55. The number of hydrogen-bond donors (Lipinski definition) is 1. The second-order valence-corrected chi connectivity index (χ2v) is 5.99. The van der Waals surface area contributed by atoms with Gasteiger partial charge in [-0.2, -0.15) is 0 Å². The molecule has 1 aromatic carbocycles. The molecule has 2 aromatic rings. The molecule has 24 heavy (non-hydrogen) atoms. The van der Waals surface area contributed by atoms with E-state index >= 15 is 0 Å². The van der Waals surface area contributed by atoms with Gasteiger partial charge in [-0.25, -0.2) is 4.98 Å². The van der Waals surface area contributed by atoms with Crippen LogP contribution in [0.25, 0.3) is 0 Å². The van der Waals surface area contributed by atoms with Crippen LogP contribution in [0.5, 0.6) is 5.75 Å². The molecule has 6 nitrogen and oxygen atoms in total. The van der Waals surface area contributed by atoms with Gasteiger partial charge in [0, 0.05) is 37.1 Å². The van der Waals surface area contributed by atoms with E-state index in [-0.39, 0.29) is 5.91 Å². The summed E-state index contributed by atoms with van der Waals surface area (Å²) in [6, 6.07) is 8.26. The lowest BCUT2D eigenvalue weighted by molar-refractivity contribution is 0.0712. The number of aromatic nitrogens is 2. The number of likely N-dealkylation sites (tertiary alicyclic amines) is 1. The molecule has 1 N–H and O–H groups in total. The minimum Gasteiger partial charge on any atom is -0.497 e. The number of rotatable bonds is 4. The molecule has 0 unspecified atom stereocenters. The number of carbonyl (C=O) groups excluding carboxylic acids is 1. The van der Waals surface area contributed by atoms with E-state index < -0.39 is 0 Å². The fraction of sp³-hybridized carbons (Fsp3) is 0.389. The maximum absolute atomic E-state index is 12.4. The van der Waals surface area contributed by atoms with Crippen LogP contribution in [0.4, 0.5) is 5.69 Å². The summed E-state index contributed by atoms with van der Waals surface area (Å²) in [5.74, 6) is 0.799. The van der Waals surface area contributed by atoms with Gasteiger partial charge in [-0.1, -0.05) is 6.07 Å². The minimum absolute atomic E-state index is 0.0395. The van der Waals surface area contributed by atoms with Crippen LogP contribution in [-0.2, 0) is 0 Å². The van der Waals surface area contributed by atoms with Crippen molar-refractivity contribution in [2.24, 2.45) is 0 Å². The van der Waals surface area contributed by atoms with Crippen LogP contribution >= 0.6 is 0 Å². The van der Waals surface area contributed by atoms with E-state index in [4.69, 9.17) is 4.74 Å². The summed E-state index contributed by atoms with van der Waals surface area (Å²) in [5, 5.41) is 3.52. The van der Waals surface area contributed by atoms with E-state index in [0.29, 0.717) is 11.7 Å². The van der Waals surface area contributed by atoms with Gasteiger partial charge in [-0.05, 0) is 31.9 Å². The van der Waals surface area contributed by atoms with Crippen LogP contribution in [0.15, 0.2) is 36.7 Å². The van der Waals surface area contributed by atoms with Gasteiger partial charge in [-0.3, -0.25) is 9.78 Å². The van der Waals surface area contributed by atoms with Crippen molar-refractivity contribution >= 4 is 11.6 Å². The van der Waals surface area contributed by atoms with Crippen molar-refractivity contribution in [2.45, 2.75) is 25.8 Å². The number of anilines is 1. The summed E-state index contributed by atoms with van der Waals surface area (Å²) in [6.07, 6.45) is 4.99. The van der Waals surface area contributed by atoms with E-state index in [1.807, 2.05) is 36.1 Å². The molecular formula is C18H22N4O2. The Kier molecular flexibility index (Phi) is 4.93. The molecule has 1 aromatic heterocycles. The maximum atomic E-state index is 12.4. The predicted octanol–water partition coefficient (Wildman–Crippen LogP) is 2.51. The SMILES string of the molecule is COc1cccc(NC2CCN(C(=O)c3cnc(C)cn3)CC2)c1. The molecule has 0 bridgehead atoms. The fourth-order valence-corrected chi connectivity index (χ4v) is 2.84. The second kappa shape index (κ2) is 7.29. The molecule has 1 saturated heterocycles. The third-order valence-electron chi connectivity index (χ3n) is 4.22. The van der Waals surface area contributed by atoms with Gasteiger partial charge in [-0.15, -0.1) is 0 Å². The highest BCUT2D eigenvalue weighted by Crippen LogP contribution is 2.21. The maximum Gasteiger partial charge on any atom is 0.274 e. The number of carbonyl (C=O) groups is 1. The number of piperidine rings is 1. The van der Waals surface area contributed by atoms with Crippen molar-refractivity contribution in [1.82, 2.24) is 14.9 Å². The lowest BCUT2D eigenvalue weighted by atomic mass is 10.0. The Morgan fingerprint density at radius 3 is 2.71 bits per heavy atom. The summed E-state index contributed by atoms with van der Waals surface area (Å²) in [6.45, 7) is 3.29. The fourth-order valence-electron chi connectivity index (χ4n) is 2.84. The van der Waals surface area contributed by atoms with Crippen molar-refractivity contribution in [3.8, 4) is 5.75 Å². The van der Waals surface area contributed by atoms with Crippen molar-refractivity contribution < 1.29 is 9.53 Å². The average molecular weight is 326 g/mol. The van der Waals surface area contributed by atoms with Crippen molar-refractivity contribution in [3.05, 3.63) is 48.0 Å². The molecule has 0 radical (unpaired) electrons. The molecule has 6 heteroatoms. The van der Waals surface area contributed by atoms with Crippen LogP contribution in [0.1, 0.15) is 29.0 Å². The summed E-state index contributed by atoms with van der Waals surface area (Å²) in [5.41, 5.74) is 2.27. The van der Waals surface area contributed by atoms with Crippen LogP contribution in [-0.4, -0.2) is 47.0 Å². The number of hydrogen-bond acceptors (Lipinski definition) is 5. The van der Waals surface area contributed by atoms with Gasteiger partial charge in [0.15, 0.2) is 0 Å². The molecule has 0 aliphatic carbocycles. The minimum atomic E-state index is -0.0395. The molecule has 3 rings (SSSR count). The number of amides is 1. The zero-order chi connectivity index (χ0) is 16.9. The zero-order valence-electron chi connectivity index (χ0n) is 14.0. The number of benzene rings is 1. The van der Waals surface area contributed by atoms with Crippen molar-refractivity contribution in [2.75, 3.05) is 25.5 Å². The third-order valence-corrected chi connectivity index (χ3v) is 4.22. The zero-order valence-corrected chi connectivity index (χ0v) is 14.0. The van der Waals surface area contributed by atoms with Crippen molar-refractivity contribution in [3.63, 3.8) is 0 Å².